The van der Waals surface area contributed by atoms with E-state index in [4.69, 9.17) is 5.11 Å². The maximum atomic E-state index is 12.1. The number of hydrogen-bond donors (Lipinski definition) is 1. The van der Waals surface area contributed by atoms with Gasteiger partial charge < -0.3 is 5.11 Å². The number of thiophene rings is 1. The number of rotatable bonds is 5. The molecule has 5 nitrogen and oxygen atoms in total. The van der Waals surface area contributed by atoms with Gasteiger partial charge in [-0.3, -0.25) is 0 Å². The Labute approximate surface area is 125 Å². The van der Waals surface area contributed by atoms with E-state index >= 15 is 0 Å². The zero-order chi connectivity index (χ0) is 15.7. The highest BCUT2D eigenvalue weighted by Crippen LogP contribution is 2.33. The summed E-state index contributed by atoms with van der Waals surface area (Å²) >= 11 is 3.59. The fourth-order valence-corrected chi connectivity index (χ4v) is 4.73. The molecular formula is C9H9BrF3NO4S2. The van der Waals surface area contributed by atoms with E-state index in [1.165, 1.54) is 0 Å². The monoisotopic (exact) mass is 395 g/mol. The summed E-state index contributed by atoms with van der Waals surface area (Å²) in [5.74, 6) is -1.31. The lowest BCUT2D eigenvalue weighted by Crippen LogP contribution is -2.30. The minimum Gasteiger partial charge on any atom is -0.477 e. The van der Waals surface area contributed by atoms with Crippen LogP contribution in [0.5, 0.6) is 0 Å². The summed E-state index contributed by atoms with van der Waals surface area (Å²) in [7, 11) is -3.17. The predicted octanol–water partition coefficient (Wildman–Crippen LogP) is 2.78. The van der Waals surface area contributed by atoms with Crippen LogP contribution in [0.1, 0.15) is 16.1 Å². The van der Waals surface area contributed by atoms with Gasteiger partial charge in [0.05, 0.1) is 10.2 Å². The first-order valence-corrected chi connectivity index (χ1v) is 8.06. The Bertz CT molecular complexity index is 611. The Morgan fingerprint density at radius 3 is 2.45 bits per heavy atom. The number of carboxylic acid groups (broad SMARTS) is 1. The van der Waals surface area contributed by atoms with E-state index in [0.717, 1.165) is 13.1 Å². The van der Waals surface area contributed by atoms with Gasteiger partial charge in [-0.1, -0.05) is 0 Å². The van der Waals surface area contributed by atoms with Gasteiger partial charge >= 0.3 is 12.1 Å². The number of nitrogens with zero attached hydrogens (tertiary/aromatic N) is 1. The van der Waals surface area contributed by atoms with Gasteiger partial charge in [-0.15, -0.1) is 11.3 Å². The first-order valence-electron chi connectivity index (χ1n) is 5.01. The molecule has 0 spiro atoms. The van der Waals surface area contributed by atoms with Crippen molar-refractivity contribution in [3.8, 4) is 0 Å². The molecule has 11 heteroatoms. The predicted molar refractivity (Wildman–Crippen MR) is 69.5 cm³/mol. The Hall–Kier alpha value is -0.650. The third kappa shape index (κ3) is 4.17. The van der Waals surface area contributed by atoms with Gasteiger partial charge in [0, 0.05) is 13.6 Å². The van der Waals surface area contributed by atoms with Crippen molar-refractivity contribution >= 4 is 43.3 Å². The third-order valence-corrected chi connectivity index (χ3v) is 6.36. The van der Waals surface area contributed by atoms with Crippen molar-refractivity contribution in [1.29, 1.82) is 0 Å². The second-order valence-electron chi connectivity index (χ2n) is 3.75. The minimum atomic E-state index is -4.47. The molecule has 1 aromatic heterocycles. The Morgan fingerprint density at radius 1 is 1.50 bits per heavy atom. The lowest BCUT2D eigenvalue weighted by Gasteiger charge is -2.17. The molecule has 20 heavy (non-hydrogen) atoms. The van der Waals surface area contributed by atoms with Gasteiger partial charge in [-0.05, 0) is 22.0 Å². The molecule has 0 atom stereocenters. The number of sulfonamides is 1. The molecule has 1 rings (SSSR count). The normalized spacial score (nSPS) is 12.9. The molecule has 0 unspecified atom stereocenters. The van der Waals surface area contributed by atoms with E-state index in [0.29, 0.717) is 15.6 Å². The molecule has 0 fully saturated rings. The third-order valence-electron chi connectivity index (χ3n) is 2.26. The van der Waals surface area contributed by atoms with Crippen molar-refractivity contribution in [2.75, 3.05) is 13.6 Å². The molecule has 0 aromatic carbocycles. The second-order valence-corrected chi connectivity index (χ2v) is 8.13. The van der Waals surface area contributed by atoms with Gasteiger partial charge in [-0.2, -0.15) is 13.2 Å². The molecular weight excluding hydrogens is 387 g/mol. The Kier molecular flexibility index (Phi) is 5.22. The SMILES string of the molecule is CN(CCC(F)(F)F)S(=O)(=O)c1cc(C(=O)O)sc1Br. The number of halogens is 4. The lowest BCUT2D eigenvalue weighted by molar-refractivity contribution is -0.135. The van der Waals surface area contributed by atoms with Crippen molar-refractivity contribution in [2.24, 2.45) is 0 Å². The van der Waals surface area contributed by atoms with Gasteiger partial charge in [0.15, 0.2) is 0 Å². The number of carboxylic acids is 1. The summed E-state index contributed by atoms with van der Waals surface area (Å²) in [6.07, 6.45) is -5.75. The molecule has 1 heterocycles. The average Bonchev–Trinajstić information content (AvgIpc) is 2.67. The summed E-state index contributed by atoms with van der Waals surface area (Å²) in [5.41, 5.74) is 0. The van der Waals surface area contributed by atoms with E-state index < -0.39 is 35.1 Å². The molecule has 114 valence electrons. The number of alkyl halides is 3. The van der Waals surface area contributed by atoms with Crippen molar-refractivity contribution in [1.82, 2.24) is 4.31 Å². The van der Waals surface area contributed by atoms with Crippen LogP contribution in [0.25, 0.3) is 0 Å². The fraction of sp³-hybridized carbons (Fsp3) is 0.444. The van der Waals surface area contributed by atoms with Crippen LogP contribution in [0.15, 0.2) is 14.7 Å². The summed E-state index contributed by atoms with van der Waals surface area (Å²) in [5, 5.41) is 8.77. The molecule has 0 radical (unpaired) electrons. The van der Waals surface area contributed by atoms with Gasteiger partial charge in [0.1, 0.15) is 9.77 Å². The number of hydrogen-bond acceptors (Lipinski definition) is 4. The topological polar surface area (TPSA) is 74.7 Å². The maximum absolute atomic E-state index is 12.1. The van der Waals surface area contributed by atoms with E-state index in [1.807, 2.05) is 0 Å². The summed E-state index contributed by atoms with van der Waals surface area (Å²) in [6.45, 7) is -0.740. The standard InChI is InChI=1S/C9H9BrF3NO4S2/c1-14(3-2-9(11,12)13)20(17,18)6-4-5(8(15)16)19-7(6)10/h4H,2-3H2,1H3,(H,15,16). The van der Waals surface area contributed by atoms with Crippen molar-refractivity contribution in [2.45, 2.75) is 17.5 Å². The lowest BCUT2D eigenvalue weighted by atomic mass is 10.4. The van der Waals surface area contributed by atoms with E-state index in [9.17, 15) is 26.4 Å². The van der Waals surface area contributed by atoms with Gasteiger partial charge in [0.25, 0.3) is 0 Å². The van der Waals surface area contributed by atoms with Crippen molar-refractivity contribution in [3.05, 3.63) is 14.7 Å². The van der Waals surface area contributed by atoms with Crippen LogP contribution < -0.4 is 0 Å². The second kappa shape index (κ2) is 6.00. The molecule has 0 saturated carbocycles. The van der Waals surface area contributed by atoms with Gasteiger partial charge in [-0.25, -0.2) is 17.5 Å². The van der Waals surface area contributed by atoms with E-state index in [-0.39, 0.29) is 13.6 Å². The largest absolute Gasteiger partial charge is 0.477 e. The van der Waals surface area contributed by atoms with Crippen LogP contribution in [0.3, 0.4) is 0 Å². The highest BCUT2D eigenvalue weighted by atomic mass is 79.9. The number of carbonyl (C=O) groups is 1. The molecule has 0 saturated heterocycles. The highest BCUT2D eigenvalue weighted by Gasteiger charge is 2.32. The van der Waals surface area contributed by atoms with Crippen LogP contribution in [-0.2, 0) is 10.0 Å². The fourth-order valence-electron chi connectivity index (χ4n) is 1.21. The maximum Gasteiger partial charge on any atom is 0.390 e. The quantitative estimate of drug-likeness (QED) is 0.831. The minimum absolute atomic E-state index is 0.0359. The number of aromatic carboxylic acids is 1. The summed E-state index contributed by atoms with van der Waals surface area (Å²) in [4.78, 5) is 10.2. The van der Waals surface area contributed by atoms with Crippen LogP contribution >= 0.6 is 27.3 Å². The smallest absolute Gasteiger partial charge is 0.390 e. The first kappa shape index (κ1) is 17.4. The molecule has 0 amide bonds. The zero-order valence-corrected chi connectivity index (χ0v) is 13.2. The molecule has 0 aliphatic heterocycles. The van der Waals surface area contributed by atoms with Crippen LogP contribution in [0.2, 0.25) is 0 Å². The molecule has 1 N–H and O–H groups in total. The Balaban J connectivity index is 3.01. The van der Waals surface area contributed by atoms with Crippen LogP contribution in [-0.4, -0.2) is 43.6 Å². The molecule has 0 aliphatic carbocycles. The van der Waals surface area contributed by atoms with E-state index in [1.54, 1.807) is 0 Å². The summed E-state index contributed by atoms with van der Waals surface area (Å²) in [6, 6.07) is 0.913. The Morgan fingerprint density at radius 2 is 2.05 bits per heavy atom. The van der Waals surface area contributed by atoms with Gasteiger partial charge in [0.2, 0.25) is 10.0 Å². The molecule has 0 bridgehead atoms. The zero-order valence-electron chi connectivity index (χ0n) is 9.94. The molecule has 0 aliphatic rings. The highest BCUT2D eigenvalue weighted by molar-refractivity contribution is 9.11. The average molecular weight is 396 g/mol. The van der Waals surface area contributed by atoms with Crippen LogP contribution in [0.4, 0.5) is 13.2 Å². The van der Waals surface area contributed by atoms with E-state index in [2.05, 4.69) is 15.9 Å². The van der Waals surface area contributed by atoms with Crippen molar-refractivity contribution in [3.63, 3.8) is 0 Å². The summed E-state index contributed by atoms with van der Waals surface area (Å²) < 4.78 is 60.9. The van der Waals surface area contributed by atoms with Crippen LogP contribution in [0, 0.1) is 0 Å². The first-order chi connectivity index (χ1) is 8.95. The molecule has 1 aromatic rings. The van der Waals surface area contributed by atoms with Crippen molar-refractivity contribution < 1.29 is 31.5 Å².